The molecule has 2 aromatic rings. The molecule has 17 heavy (non-hydrogen) atoms. The van der Waals surface area contributed by atoms with Crippen molar-refractivity contribution in [3.8, 4) is 0 Å². The van der Waals surface area contributed by atoms with Gasteiger partial charge in [-0.1, -0.05) is 6.07 Å². The van der Waals surface area contributed by atoms with Crippen LogP contribution in [-0.2, 0) is 4.79 Å². The fourth-order valence-electron chi connectivity index (χ4n) is 1.26. The number of carbonyl (C=O) groups excluding carboxylic acids is 1. The summed E-state index contributed by atoms with van der Waals surface area (Å²) in [5.74, 6) is -0.111. The molecule has 1 heterocycles. The first-order valence-corrected chi connectivity index (χ1v) is 6.98. The second-order valence-corrected chi connectivity index (χ2v) is 5.57. The second kappa shape index (κ2) is 5.97. The molecule has 1 amide bonds. The highest BCUT2D eigenvalue weighted by molar-refractivity contribution is 14.1. The molecule has 0 unspecified atom stereocenters. The lowest BCUT2D eigenvalue weighted by molar-refractivity contribution is -0.111. The molecule has 1 aromatic heterocycles. The molecule has 0 fully saturated rings. The van der Waals surface area contributed by atoms with Crippen LogP contribution in [0.3, 0.4) is 0 Å². The first-order chi connectivity index (χ1) is 8.24. The minimum Gasteiger partial charge on any atom is -0.323 e. The highest BCUT2D eigenvalue weighted by atomic mass is 127. The van der Waals surface area contributed by atoms with E-state index in [4.69, 9.17) is 0 Å². The summed E-state index contributed by atoms with van der Waals surface area (Å²) in [6.07, 6.45) is 3.36. The van der Waals surface area contributed by atoms with Gasteiger partial charge in [-0.25, -0.2) is 0 Å². The standard InChI is InChI=1S/C13H10INOS/c14-10-3-5-11(6-4-10)15-13(16)8-7-12-2-1-9-17-12/h1-9H,(H,15,16)/b8-7-. The highest BCUT2D eigenvalue weighted by Crippen LogP contribution is 2.12. The van der Waals surface area contributed by atoms with Crippen molar-refractivity contribution < 1.29 is 4.79 Å². The Hall–Kier alpha value is -1.14. The molecule has 1 N–H and O–H groups in total. The molecular weight excluding hydrogens is 345 g/mol. The zero-order valence-corrected chi connectivity index (χ0v) is 11.9. The number of anilines is 1. The number of hydrogen-bond acceptors (Lipinski definition) is 2. The van der Waals surface area contributed by atoms with Crippen LogP contribution in [0.1, 0.15) is 4.88 Å². The van der Waals surface area contributed by atoms with E-state index < -0.39 is 0 Å². The molecule has 0 saturated heterocycles. The molecule has 2 nitrogen and oxygen atoms in total. The van der Waals surface area contributed by atoms with Crippen molar-refractivity contribution in [2.24, 2.45) is 0 Å². The molecule has 86 valence electrons. The van der Waals surface area contributed by atoms with Gasteiger partial charge in [0.25, 0.3) is 0 Å². The molecule has 0 aliphatic carbocycles. The lowest BCUT2D eigenvalue weighted by atomic mass is 10.3. The third kappa shape index (κ3) is 3.98. The molecule has 0 atom stereocenters. The summed E-state index contributed by atoms with van der Waals surface area (Å²) in [7, 11) is 0. The normalized spacial score (nSPS) is 10.6. The Morgan fingerprint density at radius 1 is 1.24 bits per heavy atom. The van der Waals surface area contributed by atoms with Gasteiger partial charge in [0.15, 0.2) is 0 Å². The smallest absolute Gasteiger partial charge is 0.248 e. The van der Waals surface area contributed by atoms with E-state index in [1.807, 2.05) is 47.9 Å². The van der Waals surface area contributed by atoms with Gasteiger partial charge in [0.05, 0.1) is 0 Å². The van der Waals surface area contributed by atoms with Crippen molar-refractivity contribution in [1.29, 1.82) is 0 Å². The first kappa shape index (κ1) is 12.3. The van der Waals surface area contributed by atoms with Crippen LogP contribution in [0.4, 0.5) is 5.69 Å². The van der Waals surface area contributed by atoms with Crippen molar-refractivity contribution in [3.63, 3.8) is 0 Å². The molecule has 0 spiro atoms. The predicted octanol–water partition coefficient (Wildman–Crippen LogP) is 4.00. The summed E-state index contributed by atoms with van der Waals surface area (Å²) in [5, 5.41) is 4.79. The molecule has 4 heteroatoms. The van der Waals surface area contributed by atoms with Crippen LogP contribution < -0.4 is 5.32 Å². The third-order valence-electron chi connectivity index (χ3n) is 2.05. The number of carbonyl (C=O) groups is 1. The number of hydrogen-bond donors (Lipinski definition) is 1. The van der Waals surface area contributed by atoms with Gasteiger partial charge in [0, 0.05) is 20.2 Å². The maximum absolute atomic E-state index is 11.6. The van der Waals surface area contributed by atoms with E-state index in [1.165, 1.54) is 0 Å². The van der Waals surface area contributed by atoms with E-state index in [1.54, 1.807) is 17.4 Å². The van der Waals surface area contributed by atoms with Crippen molar-refractivity contribution in [3.05, 3.63) is 56.3 Å². The molecule has 0 aliphatic heterocycles. The van der Waals surface area contributed by atoms with E-state index >= 15 is 0 Å². The van der Waals surface area contributed by atoms with Crippen molar-refractivity contribution in [1.82, 2.24) is 0 Å². The van der Waals surface area contributed by atoms with Gasteiger partial charge in [0.2, 0.25) is 5.91 Å². The van der Waals surface area contributed by atoms with E-state index in [2.05, 4.69) is 27.9 Å². The minimum atomic E-state index is -0.111. The van der Waals surface area contributed by atoms with Gasteiger partial charge >= 0.3 is 0 Å². The van der Waals surface area contributed by atoms with E-state index in [9.17, 15) is 4.79 Å². The number of amides is 1. The molecule has 0 aliphatic rings. The van der Waals surface area contributed by atoms with Gasteiger partial charge in [-0.3, -0.25) is 4.79 Å². The lowest BCUT2D eigenvalue weighted by Crippen LogP contribution is -2.07. The second-order valence-electron chi connectivity index (χ2n) is 3.34. The summed E-state index contributed by atoms with van der Waals surface area (Å²) >= 11 is 3.83. The zero-order chi connectivity index (χ0) is 12.1. The molecule has 2 rings (SSSR count). The zero-order valence-electron chi connectivity index (χ0n) is 8.89. The molecule has 0 radical (unpaired) electrons. The number of halogens is 1. The fourth-order valence-corrected chi connectivity index (χ4v) is 2.24. The van der Waals surface area contributed by atoms with Crippen LogP contribution in [0.2, 0.25) is 0 Å². The number of nitrogens with one attached hydrogen (secondary N) is 1. The average molecular weight is 355 g/mol. The Labute approximate surface area is 118 Å². The quantitative estimate of drug-likeness (QED) is 0.654. The van der Waals surface area contributed by atoms with E-state index in [0.29, 0.717) is 0 Å². The van der Waals surface area contributed by atoms with Gasteiger partial charge in [-0.2, -0.15) is 0 Å². The highest BCUT2D eigenvalue weighted by Gasteiger charge is 1.97. The summed E-state index contributed by atoms with van der Waals surface area (Å²) in [5.41, 5.74) is 0.811. The van der Waals surface area contributed by atoms with Crippen LogP contribution in [-0.4, -0.2) is 5.91 Å². The number of rotatable bonds is 3. The first-order valence-electron chi connectivity index (χ1n) is 5.02. The van der Waals surface area contributed by atoms with E-state index in [-0.39, 0.29) is 5.91 Å². The van der Waals surface area contributed by atoms with Crippen LogP contribution in [0.5, 0.6) is 0 Å². The monoisotopic (exact) mass is 355 g/mol. The van der Waals surface area contributed by atoms with E-state index in [0.717, 1.165) is 14.1 Å². The summed E-state index contributed by atoms with van der Waals surface area (Å²) in [6.45, 7) is 0. The lowest BCUT2D eigenvalue weighted by Gasteiger charge is -2.01. The predicted molar refractivity (Wildman–Crippen MR) is 81.1 cm³/mol. The molecule has 1 aromatic carbocycles. The number of benzene rings is 1. The third-order valence-corrected chi connectivity index (χ3v) is 3.61. The van der Waals surface area contributed by atoms with Crippen LogP contribution in [0.25, 0.3) is 6.08 Å². The molecular formula is C13H10INOS. The minimum absolute atomic E-state index is 0.111. The van der Waals surface area contributed by atoms with Gasteiger partial charge in [-0.05, 0) is 64.4 Å². The maximum atomic E-state index is 11.6. The van der Waals surface area contributed by atoms with Crippen LogP contribution in [0.15, 0.2) is 47.9 Å². The maximum Gasteiger partial charge on any atom is 0.248 e. The van der Waals surface area contributed by atoms with Crippen LogP contribution in [0, 0.1) is 3.57 Å². The fraction of sp³-hybridized carbons (Fsp3) is 0. The summed E-state index contributed by atoms with van der Waals surface area (Å²) < 4.78 is 1.15. The average Bonchev–Trinajstić information content (AvgIpc) is 2.83. The van der Waals surface area contributed by atoms with Crippen molar-refractivity contribution in [2.45, 2.75) is 0 Å². The largest absolute Gasteiger partial charge is 0.323 e. The van der Waals surface area contributed by atoms with Crippen molar-refractivity contribution >= 4 is 51.6 Å². The Kier molecular flexibility index (Phi) is 4.33. The van der Waals surface area contributed by atoms with Gasteiger partial charge < -0.3 is 5.32 Å². The summed E-state index contributed by atoms with van der Waals surface area (Å²) in [6, 6.07) is 11.6. The Morgan fingerprint density at radius 2 is 2.00 bits per heavy atom. The molecule has 0 saturated carbocycles. The Morgan fingerprint density at radius 3 is 2.65 bits per heavy atom. The van der Waals surface area contributed by atoms with Crippen LogP contribution >= 0.6 is 33.9 Å². The topological polar surface area (TPSA) is 29.1 Å². The SMILES string of the molecule is O=C(/C=C\c1cccs1)Nc1ccc(I)cc1. The Bertz CT molecular complexity index is 517. The summed E-state index contributed by atoms with van der Waals surface area (Å²) in [4.78, 5) is 12.7. The molecule has 0 bridgehead atoms. The number of thiophene rings is 1. The Balaban J connectivity index is 1.95. The van der Waals surface area contributed by atoms with Gasteiger partial charge in [0.1, 0.15) is 0 Å². The van der Waals surface area contributed by atoms with Gasteiger partial charge in [-0.15, -0.1) is 11.3 Å². The van der Waals surface area contributed by atoms with Crippen molar-refractivity contribution in [2.75, 3.05) is 5.32 Å².